The molecule has 0 atom stereocenters. The molecule has 0 radical (unpaired) electrons. The Kier molecular flexibility index (Phi) is 5.87. The van der Waals surface area contributed by atoms with Crippen LogP contribution in [0.5, 0.6) is 0 Å². The third-order valence-corrected chi connectivity index (χ3v) is 13.5. The molecule has 0 amide bonds. The van der Waals surface area contributed by atoms with Crippen molar-refractivity contribution < 1.29 is 0 Å². The minimum Gasteiger partial charge on any atom is -0.309 e. The largest absolute Gasteiger partial charge is 0.309 e. The number of aromatic nitrogens is 1. The summed E-state index contributed by atoms with van der Waals surface area (Å²) in [4.78, 5) is 0. The van der Waals surface area contributed by atoms with E-state index in [1.54, 1.807) is 0 Å². The topological polar surface area (TPSA) is 4.93 Å². The van der Waals surface area contributed by atoms with Crippen molar-refractivity contribution in [3.8, 4) is 5.69 Å². The van der Waals surface area contributed by atoms with Crippen molar-refractivity contribution >= 4 is 61.4 Å². The highest BCUT2D eigenvalue weighted by Gasteiger charge is 2.41. The van der Waals surface area contributed by atoms with E-state index in [4.69, 9.17) is 0 Å². The summed E-state index contributed by atoms with van der Waals surface area (Å²) in [6.45, 7) is 0. The fourth-order valence-corrected chi connectivity index (χ4v) is 11.7. The van der Waals surface area contributed by atoms with Crippen LogP contribution >= 0.6 is 0 Å². The molecule has 0 fully saturated rings. The lowest BCUT2D eigenvalue weighted by Crippen LogP contribution is -2.74. The molecule has 8 rings (SSSR count). The molecule has 0 bridgehead atoms. The lowest BCUT2D eigenvalue weighted by Gasteiger charge is -2.34. The predicted octanol–water partition coefficient (Wildman–Crippen LogP) is 7.31. The van der Waals surface area contributed by atoms with Crippen molar-refractivity contribution in [3.63, 3.8) is 0 Å². The zero-order chi connectivity index (χ0) is 27.9. The Morgan fingerprint density at radius 1 is 0.333 bits per heavy atom. The number of fused-ring (bicyclic) bond motifs is 5. The molecule has 1 aromatic heterocycles. The van der Waals surface area contributed by atoms with Crippen molar-refractivity contribution in [1.82, 2.24) is 4.57 Å². The molecular formula is C40H29NSi. The molecule has 0 spiro atoms. The van der Waals surface area contributed by atoms with Crippen molar-refractivity contribution in [2.75, 3.05) is 0 Å². The lowest BCUT2D eigenvalue weighted by atomic mass is 10.1. The summed E-state index contributed by atoms with van der Waals surface area (Å²) >= 11 is 0. The number of hydrogen-bond acceptors (Lipinski definition) is 0. The van der Waals surface area contributed by atoms with Gasteiger partial charge in [0.2, 0.25) is 0 Å². The van der Waals surface area contributed by atoms with Crippen LogP contribution in [0.25, 0.3) is 38.3 Å². The zero-order valence-electron chi connectivity index (χ0n) is 23.2. The molecule has 1 heterocycles. The van der Waals surface area contributed by atoms with Crippen LogP contribution < -0.4 is 20.7 Å². The summed E-state index contributed by atoms with van der Waals surface area (Å²) < 4.78 is 2.45. The van der Waals surface area contributed by atoms with E-state index in [9.17, 15) is 0 Å². The highest BCUT2D eigenvalue weighted by Crippen LogP contribution is 2.36. The first-order chi connectivity index (χ1) is 20.9. The molecule has 0 aliphatic rings. The van der Waals surface area contributed by atoms with Crippen LogP contribution in [-0.4, -0.2) is 12.6 Å². The van der Waals surface area contributed by atoms with Gasteiger partial charge in [-0.25, -0.2) is 0 Å². The number of rotatable bonds is 5. The molecule has 0 aliphatic carbocycles. The summed E-state index contributed by atoms with van der Waals surface area (Å²) in [6, 6.07) is 64.8. The van der Waals surface area contributed by atoms with E-state index in [2.05, 4.69) is 180 Å². The van der Waals surface area contributed by atoms with Gasteiger partial charge in [-0.05, 0) is 44.3 Å². The third-order valence-electron chi connectivity index (χ3n) is 8.74. The molecule has 8 aromatic rings. The highest BCUT2D eigenvalue weighted by atomic mass is 28.3. The zero-order valence-corrected chi connectivity index (χ0v) is 24.2. The van der Waals surface area contributed by atoms with Crippen molar-refractivity contribution in [3.05, 3.63) is 176 Å². The van der Waals surface area contributed by atoms with E-state index in [0.717, 1.165) is 0 Å². The van der Waals surface area contributed by atoms with Gasteiger partial charge in [0.05, 0.1) is 11.0 Å². The second-order valence-corrected chi connectivity index (χ2v) is 14.7. The quantitative estimate of drug-likeness (QED) is 0.156. The van der Waals surface area contributed by atoms with E-state index in [0.29, 0.717) is 0 Å². The van der Waals surface area contributed by atoms with Gasteiger partial charge in [0.1, 0.15) is 0 Å². The van der Waals surface area contributed by atoms with Gasteiger partial charge in [-0.2, -0.15) is 0 Å². The third kappa shape index (κ3) is 3.69. The van der Waals surface area contributed by atoms with Gasteiger partial charge >= 0.3 is 0 Å². The van der Waals surface area contributed by atoms with Crippen molar-refractivity contribution in [2.45, 2.75) is 0 Å². The van der Waals surface area contributed by atoms with E-state index in [-0.39, 0.29) is 0 Å². The normalized spacial score (nSPS) is 11.8. The summed E-state index contributed by atoms with van der Waals surface area (Å²) in [5, 5.41) is 10.6. The van der Waals surface area contributed by atoms with Gasteiger partial charge in [0.15, 0.2) is 8.07 Å². The molecule has 0 saturated heterocycles. The Morgan fingerprint density at radius 3 is 1.40 bits per heavy atom. The van der Waals surface area contributed by atoms with Crippen LogP contribution in [0.15, 0.2) is 176 Å². The van der Waals surface area contributed by atoms with Gasteiger partial charge in [-0.3, -0.25) is 0 Å². The van der Waals surface area contributed by atoms with Crippen LogP contribution in [-0.2, 0) is 0 Å². The van der Waals surface area contributed by atoms with E-state index in [1.165, 1.54) is 59.0 Å². The van der Waals surface area contributed by atoms with Gasteiger partial charge in [-0.15, -0.1) is 0 Å². The van der Waals surface area contributed by atoms with Crippen LogP contribution in [0.2, 0.25) is 0 Å². The Labute approximate surface area is 247 Å². The van der Waals surface area contributed by atoms with Crippen molar-refractivity contribution in [2.24, 2.45) is 0 Å². The molecule has 7 aromatic carbocycles. The molecule has 2 heteroatoms. The molecule has 0 aliphatic heterocycles. The van der Waals surface area contributed by atoms with Crippen LogP contribution in [0.3, 0.4) is 0 Å². The maximum atomic E-state index is 2.45. The Hall–Kier alpha value is -5.18. The Balaban J connectivity index is 1.41. The second kappa shape index (κ2) is 10.0. The minimum absolute atomic E-state index is 1.18. The summed E-state index contributed by atoms with van der Waals surface area (Å²) in [5.74, 6) is 0. The monoisotopic (exact) mass is 551 g/mol. The molecule has 198 valence electrons. The Morgan fingerprint density at radius 2 is 0.810 bits per heavy atom. The van der Waals surface area contributed by atoms with E-state index < -0.39 is 8.07 Å². The summed E-state index contributed by atoms with van der Waals surface area (Å²) in [5.41, 5.74) is 3.67. The maximum absolute atomic E-state index is 2.57. The summed E-state index contributed by atoms with van der Waals surface area (Å²) in [6.07, 6.45) is 0. The van der Waals surface area contributed by atoms with Gasteiger partial charge in [0.25, 0.3) is 0 Å². The number of nitrogens with zero attached hydrogens (tertiary/aromatic N) is 1. The SMILES string of the molecule is c1ccc([Si](c2ccccc2)(c2ccccc2)c2ccc(-n3c4ccccc4c4ccc5ccccc5c43)cc2)cc1. The first-order valence-electron chi connectivity index (χ1n) is 14.5. The molecule has 42 heavy (non-hydrogen) atoms. The first-order valence-corrected chi connectivity index (χ1v) is 16.5. The van der Waals surface area contributed by atoms with E-state index >= 15 is 0 Å². The van der Waals surface area contributed by atoms with E-state index in [1.807, 2.05) is 0 Å². The van der Waals surface area contributed by atoms with Gasteiger partial charge < -0.3 is 4.57 Å². The summed E-state index contributed by atoms with van der Waals surface area (Å²) in [7, 11) is -2.57. The predicted molar refractivity (Wildman–Crippen MR) is 182 cm³/mol. The lowest BCUT2D eigenvalue weighted by molar-refractivity contribution is 1.19. The average molecular weight is 552 g/mol. The smallest absolute Gasteiger partial charge is 0.179 e. The molecular weight excluding hydrogens is 523 g/mol. The Bertz CT molecular complexity index is 2070. The van der Waals surface area contributed by atoms with Gasteiger partial charge in [-0.1, -0.05) is 158 Å². The molecule has 0 N–H and O–H groups in total. The molecule has 1 nitrogen and oxygen atoms in total. The molecule has 0 saturated carbocycles. The van der Waals surface area contributed by atoms with Crippen LogP contribution in [0.1, 0.15) is 0 Å². The number of hydrogen-bond donors (Lipinski definition) is 0. The van der Waals surface area contributed by atoms with Crippen LogP contribution in [0, 0.1) is 0 Å². The average Bonchev–Trinajstić information content (AvgIpc) is 3.42. The second-order valence-electron chi connectivity index (χ2n) is 10.9. The minimum atomic E-state index is -2.57. The fourth-order valence-electron chi connectivity index (χ4n) is 6.92. The standard InChI is InChI=1S/C40H29NSi/c1-4-15-32(16-5-1)42(33-17-6-2-7-18-33,34-19-8-3-9-20-34)35-27-25-31(26-28-35)41-39-23-13-12-22-37(39)38-29-24-30-14-10-11-21-36(30)40(38)41/h1-29H. The number of para-hydroxylation sites is 1. The van der Waals surface area contributed by atoms with Crippen LogP contribution in [0.4, 0.5) is 0 Å². The fraction of sp³-hybridized carbons (Fsp3) is 0. The maximum Gasteiger partial charge on any atom is 0.179 e. The molecule has 0 unspecified atom stereocenters. The van der Waals surface area contributed by atoms with Gasteiger partial charge in [0, 0.05) is 21.8 Å². The van der Waals surface area contributed by atoms with Crippen molar-refractivity contribution in [1.29, 1.82) is 0 Å². The first kappa shape index (κ1) is 24.6. The number of benzene rings is 7. The highest BCUT2D eigenvalue weighted by molar-refractivity contribution is 7.19.